The van der Waals surface area contributed by atoms with E-state index < -0.39 is 6.10 Å². The molecular weight excluding hydrogens is 228 g/mol. The molecule has 1 saturated heterocycles. The van der Waals surface area contributed by atoms with E-state index in [0.29, 0.717) is 6.54 Å². The smallest absolute Gasteiger partial charge is 0.229 e. The number of aryl methyl sites for hydroxylation is 1. The fourth-order valence-electron chi connectivity index (χ4n) is 2.37. The van der Waals surface area contributed by atoms with Crippen molar-refractivity contribution in [2.75, 3.05) is 11.4 Å². The quantitative estimate of drug-likeness (QED) is 0.827. The van der Waals surface area contributed by atoms with Gasteiger partial charge in [-0.25, -0.2) is 0 Å². The summed E-state index contributed by atoms with van der Waals surface area (Å²) in [6.07, 6.45) is -0.375. The zero-order chi connectivity index (χ0) is 12.7. The first-order chi connectivity index (χ1) is 8.65. The molecule has 0 bridgehead atoms. The molecule has 0 saturated carbocycles. The molecule has 4 nitrogen and oxygen atoms in total. The molecule has 1 atom stereocenters. The van der Waals surface area contributed by atoms with Gasteiger partial charge in [-0.1, -0.05) is 18.2 Å². The molecule has 2 aromatic rings. The van der Waals surface area contributed by atoms with E-state index in [9.17, 15) is 9.90 Å². The zero-order valence-electron chi connectivity index (χ0n) is 10.1. The minimum absolute atomic E-state index is 0.0432. The summed E-state index contributed by atoms with van der Waals surface area (Å²) < 4.78 is 0. The van der Waals surface area contributed by atoms with Crippen molar-refractivity contribution in [1.82, 2.24) is 4.98 Å². The number of carbonyl (C=O) groups excluding carboxylic acids is 1. The van der Waals surface area contributed by atoms with Gasteiger partial charge in [0.1, 0.15) is 0 Å². The number of benzene rings is 1. The fourth-order valence-corrected chi connectivity index (χ4v) is 2.37. The number of para-hydroxylation sites is 1. The predicted octanol–water partition coefficient (Wildman–Crippen LogP) is 1.64. The van der Waals surface area contributed by atoms with E-state index in [1.54, 1.807) is 4.90 Å². The number of amides is 1. The van der Waals surface area contributed by atoms with Crippen LogP contribution in [0.1, 0.15) is 12.1 Å². The zero-order valence-corrected chi connectivity index (χ0v) is 10.1. The number of hydrogen-bond acceptors (Lipinski definition) is 3. The molecule has 2 heterocycles. The molecule has 1 amide bonds. The lowest BCUT2D eigenvalue weighted by Gasteiger charge is -2.17. The van der Waals surface area contributed by atoms with Gasteiger partial charge in [0.15, 0.2) is 0 Å². The second-order valence-corrected chi connectivity index (χ2v) is 4.66. The summed E-state index contributed by atoms with van der Waals surface area (Å²) >= 11 is 0. The van der Waals surface area contributed by atoms with E-state index in [2.05, 4.69) is 4.98 Å². The Labute approximate surface area is 105 Å². The summed E-state index contributed by atoms with van der Waals surface area (Å²) in [4.78, 5) is 18.0. The Morgan fingerprint density at radius 2 is 2.17 bits per heavy atom. The summed E-state index contributed by atoms with van der Waals surface area (Å²) in [6.45, 7) is 2.28. The van der Waals surface area contributed by atoms with Gasteiger partial charge in [0.05, 0.1) is 30.3 Å². The van der Waals surface area contributed by atoms with Crippen molar-refractivity contribution in [3.8, 4) is 0 Å². The molecule has 1 unspecified atom stereocenters. The van der Waals surface area contributed by atoms with Gasteiger partial charge in [-0.2, -0.15) is 0 Å². The van der Waals surface area contributed by atoms with E-state index in [1.807, 2.05) is 37.3 Å². The second-order valence-electron chi connectivity index (χ2n) is 4.66. The number of rotatable bonds is 1. The number of carbonyl (C=O) groups is 1. The number of aliphatic hydroxyl groups is 1. The molecule has 1 aromatic carbocycles. The topological polar surface area (TPSA) is 53.4 Å². The molecule has 4 heteroatoms. The van der Waals surface area contributed by atoms with Gasteiger partial charge in [-0.05, 0) is 19.1 Å². The number of pyridine rings is 1. The number of nitrogens with zero attached hydrogens (tertiary/aromatic N) is 2. The van der Waals surface area contributed by atoms with Gasteiger partial charge in [0.25, 0.3) is 0 Å². The van der Waals surface area contributed by atoms with Crippen molar-refractivity contribution < 1.29 is 9.90 Å². The standard InChI is InChI=1S/C14H14N2O2/c1-9-5-6-10-3-2-4-12(14(10)15-9)16-8-11(17)7-13(16)18/h2-6,11,17H,7-8H2,1H3. The van der Waals surface area contributed by atoms with Crippen molar-refractivity contribution in [2.45, 2.75) is 19.4 Å². The van der Waals surface area contributed by atoms with Crippen LogP contribution >= 0.6 is 0 Å². The Kier molecular flexibility index (Phi) is 2.52. The monoisotopic (exact) mass is 242 g/mol. The van der Waals surface area contributed by atoms with Crippen LogP contribution in [-0.4, -0.2) is 28.6 Å². The van der Waals surface area contributed by atoms with Gasteiger partial charge < -0.3 is 10.0 Å². The third-order valence-corrected chi connectivity index (χ3v) is 3.23. The van der Waals surface area contributed by atoms with Gasteiger partial charge >= 0.3 is 0 Å². The minimum atomic E-state index is -0.572. The Balaban J connectivity index is 2.17. The second kappa shape index (κ2) is 4.07. The van der Waals surface area contributed by atoms with Crippen LogP contribution in [0, 0.1) is 6.92 Å². The number of fused-ring (bicyclic) bond motifs is 1. The van der Waals surface area contributed by atoms with Gasteiger partial charge in [-0.3, -0.25) is 9.78 Å². The van der Waals surface area contributed by atoms with Crippen LogP contribution in [0.5, 0.6) is 0 Å². The van der Waals surface area contributed by atoms with Crippen LogP contribution in [0.25, 0.3) is 10.9 Å². The van der Waals surface area contributed by atoms with Gasteiger partial charge in [0.2, 0.25) is 5.91 Å². The summed E-state index contributed by atoms with van der Waals surface area (Å²) in [7, 11) is 0. The Hall–Kier alpha value is -1.94. The first kappa shape index (κ1) is 11.2. The number of anilines is 1. The minimum Gasteiger partial charge on any atom is -0.391 e. The van der Waals surface area contributed by atoms with Gasteiger partial charge in [0, 0.05) is 11.1 Å². The molecule has 92 valence electrons. The Morgan fingerprint density at radius 3 is 2.89 bits per heavy atom. The highest BCUT2D eigenvalue weighted by molar-refractivity contribution is 6.03. The molecule has 1 N–H and O–H groups in total. The molecule has 3 rings (SSSR count). The van der Waals surface area contributed by atoms with E-state index in [1.165, 1.54) is 0 Å². The molecule has 1 aromatic heterocycles. The molecule has 18 heavy (non-hydrogen) atoms. The van der Waals surface area contributed by atoms with Crippen LogP contribution in [0.3, 0.4) is 0 Å². The lowest BCUT2D eigenvalue weighted by molar-refractivity contribution is -0.117. The highest BCUT2D eigenvalue weighted by Gasteiger charge is 2.30. The lowest BCUT2D eigenvalue weighted by atomic mass is 10.1. The molecule has 1 fully saturated rings. The molecule has 0 spiro atoms. The van der Waals surface area contributed by atoms with E-state index in [-0.39, 0.29) is 12.3 Å². The maximum Gasteiger partial charge on any atom is 0.229 e. The average molecular weight is 242 g/mol. The summed E-state index contributed by atoms with van der Waals surface area (Å²) in [5, 5.41) is 10.6. The molecule has 1 aliphatic rings. The third kappa shape index (κ3) is 1.75. The number of aromatic nitrogens is 1. The average Bonchev–Trinajstić information content (AvgIpc) is 2.67. The lowest BCUT2D eigenvalue weighted by Crippen LogP contribution is -2.25. The molecule has 1 aliphatic heterocycles. The first-order valence-corrected chi connectivity index (χ1v) is 6.00. The van der Waals surface area contributed by atoms with Crippen molar-refractivity contribution in [3.63, 3.8) is 0 Å². The number of aliphatic hydroxyl groups excluding tert-OH is 1. The number of β-amino-alcohol motifs (C(OH)–C–C–N with tert-alkyl or cyclic N) is 1. The van der Waals surface area contributed by atoms with E-state index >= 15 is 0 Å². The first-order valence-electron chi connectivity index (χ1n) is 6.00. The maximum atomic E-state index is 11.9. The van der Waals surface area contributed by atoms with Crippen LogP contribution in [0.15, 0.2) is 30.3 Å². The largest absolute Gasteiger partial charge is 0.391 e. The third-order valence-electron chi connectivity index (χ3n) is 3.23. The maximum absolute atomic E-state index is 11.9. The fraction of sp³-hybridized carbons (Fsp3) is 0.286. The summed E-state index contributed by atoms with van der Waals surface area (Å²) in [6, 6.07) is 9.71. The highest BCUT2D eigenvalue weighted by atomic mass is 16.3. The van der Waals surface area contributed by atoms with Crippen LogP contribution in [0.4, 0.5) is 5.69 Å². The Morgan fingerprint density at radius 1 is 1.33 bits per heavy atom. The molecular formula is C14H14N2O2. The summed E-state index contributed by atoms with van der Waals surface area (Å²) in [5.74, 6) is -0.0432. The highest BCUT2D eigenvalue weighted by Crippen LogP contribution is 2.28. The molecule has 0 aliphatic carbocycles. The van der Waals surface area contributed by atoms with Crippen LogP contribution in [0.2, 0.25) is 0 Å². The van der Waals surface area contributed by atoms with Crippen molar-refractivity contribution in [3.05, 3.63) is 36.0 Å². The van der Waals surface area contributed by atoms with E-state index in [0.717, 1.165) is 22.3 Å². The van der Waals surface area contributed by atoms with Crippen molar-refractivity contribution in [1.29, 1.82) is 0 Å². The van der Waals surface area contributed by atoms with E-state index in [4.69, 9.17) is 0 Å². The number of hydrogen-bond donors (Lipinski definition) is 1. The predicted molar refractivity (Wildman–Crippen MR) is 69.5 cm³/mol. The normalized spacial score (nSPS) is 19.8. The summed E-state index contributed by atoms with van der Waals surface area (Å²) in [5.41, 5.74) is 2.53. The van der Waals surface area contributed by atoms with Crippen LogP contribution < -0.4 is 4.90 Å². The Bertz CT molecular complexity index is 624. The van der Waals surface area contributed by atoms with Crippen LogP contribution in [-0.2, 0) is 4.79 Å². The SMILES string of the molecule is Cc1ccc2cccc(N3CC(O)CC3=O)c2n1. The van der Waals surface area contributed by atoms with Gasteiger partial charge in [-0.15, -0.1) is 0 Å². The molecule has 0 radical (unpaired) electrons. The van der Waals surface area contributed by atoms with Crippen molar-refractivity contribution >= 4 is 22.5 Å². The van der Waals surface area contributed by atoms with Crippen molar-refractivity contribution in [2.24, 2.45) is 0 Å².